The number of carboxylic acids is 1. The van der Waals surface area contributed by atoms with Gasteiger partial charge in [0.15, 0.2) is 5.82 Å². The highest BCUT2D eigenvalue weighted by Crippen LogP contribution is 2.41. The molecule has 2 aliphatic rings. The van der Waals surface area contributed by atoms with Crippen molar-refractivity contribution in [3.05, 3.63) is 11.7 Å². The van der Waals surface area contributed by atoms with Crippen molar-refractivity contribution in [3.8, 4) is 0 Å². The van der Waals surface area contributed by atoms with Gasteiger partial charge in [-0.05, 0) is 32.7 Å². The quantitative estimate of drug-likeness (QED) is 0.917. The summed E-state index contributed by atoms with van der Waals surface area (Å²) in [4.78, 5) is 18.0. The Bertz CT molecular complexity index is 516. The van der Waals surface area contributed by atoms with E-state index in [9.17, 15) is 4.79 Å². The number of nitrogens with zero attached hydrogens (tertiary/aromatic N) is 3. The van der Waals surface area contributed by atoms with E-state index in [1.807, 2.05) is 6.92 Å². The van der Waals surface area contributed by atoms with Crippen LogP contribution < -0.4 is 0 Å². The second-order valence-electron chi connectivity index (χ2n) is 6.63. The van der Waals surface area contributed by atoms with Gasteiger partial charge in [-0.1, -0.05) is 19.0 Å². The highest BCUT2D eigenvalue weighted by atomic mass is 16.5. The Morgan fingerprint density at radius 1 is 1.33 bits per heavy atom. The Hall–Kier alpha value is -1.43. The van der Waals surface area contributed by atoms with Crippen molar-refractivity contribution in [2.45, 2.75) is 63.5 Å². The molecule has 1 aromatic heterocycles. The number of hydrogen-bond donors (Lipinski definition) is 1. The van der Waals surface area contributed by atoms with Crippen LogP contribution in [0.4, 0.5) is 0 Å². The average Bonchev–Trinajstić information content (AvgIpc) is 3.00. The summed E-state index contributed by atoms with van der Waals surface area (Å²) in [6.45, 7) is 3.50. The standard InChI is InChI=1S/C15H23N3O3/c1-8(9(2)15(19)20)14-16-13(17-21-14)10-6-11-4-5-12(7-10)18(11)3/h8-12H,4-7H2,1-3H3,(H,19,20). The van der Waals surface area contributed by atoms with E-state index >= 15 is 0 Å². The third-order valence-corrected chi connectivity index (χ3v) is 5.45. The van der Waals surface area contributed by atoms with Gasteiger partial charge in [0.05, 0.1) is 5.92 Å². The van der Waals surface area contributed by atoms with Crippen molar-refractivity contribution >= 4 is 5.97 Å². The molecule has 6 nitrogen and oxygen atoms in total. The summed E-state index contributed by atoms with van der Waals surface area (Å²) in [5.41, 5.74) is 0. The molecule has 2 saturated heterocycles. The van der Waals surface area contributed by atoms with Crippen LogP contribution in [-0.4, -0.2) is 45.2 Å². The van der Waals surface area contributed by atoms with Crippen molar-refractivity contribution in [2.24, 2.45) is 5.92 Å². The molecule has 0 radical (unpaired) electrons. The smallest absolute Gasteiger partial charge is 0.307 e. The van der Waals surface area contributed by atoms with Crippen molar-refractivity contribution in [1.82, 2.24) is 15.0 Å². The molecule has 4 unspecified atom stereocenters. The van der Waals surface area contributed by atoms with E-state index in [1.165, 1.54) is 12.8 Å². The molecule has 1 aromatic rings. The Balaban J connectivity index is 1.72. The third-order valence-electron chi connectivity index (χ3n) is 5.45. The van der Waals surface area contributed by atoms with Gasteiger partial charge in [-0.15, -0.1) is 0 Å². The van der Waals surface area contributed by atoms with E-state index in [4.69, 9.17) is 9.63 Å². The number of aromatic nitrogens is 2. The highest BCUT2D eigenvalue weighted by Gasteiger charge is 2.40. The van der Waals surface area contributed by atoms with Crippen LogP contribution in [0.1, 0.15) is 63.1 Å². The molecule has 0 aliphatic carbocycles. The van der Waals surface area contributed by atoms with E-state index in [0.717, 1.165) is 18.7 Å². The molecule has 2 bridgehead atoms. The summed E-state index contributed by atoms with van der Waals surface area (Å²) in [6.07, 6.45) is 4.67. The lowest BCUT2D eigenvalue weighted by Gasteiger charge is -2.34. The van der Waals surface area contributed by atoms with Crippen LogP contribution in [0, 0.1) is 5.92 Å². The fourth-order valence-electron chi connectivity index (χ4n) is 3.65. The zero-order valence-electron chi connectivity index (χ0n) is 12.8. The van der Waals surface area contributed by atoms with Gasteiger partial charge in [0, 0.05) is 23.9 Å². The molecule has 0 saturated carbocycles. The van der Waals surface area contributed by atoms with E-state index in [-0.39, 0.29) is 5.92 Å². The molecule has 116 valence electrons. The van der Waals surface area contributed by atoms with E-state index in [1.54, 1.807) is 6.92 Å². The summed E-state index contributed by atoms with van der Waals surface area (Å²) in [5, 5.41) is 13.2. The number of hydrogen-bond acceptors (Lipinski definition) is 5. The number of rotatable bonds is 4. The van der Waals surface area contributed by atoms with Crippen molar-refractivity contribution in [3.63, 3.8) is 0 Å². The molecular weight excluding hydrogens is 270 g/mol. The van der Waals surface area contributed by atoms with Gasteiger partial charge in [-0.3, -0.25) is 4.79 Å². The monoisotopic (exact) mass is 293 g/mol. The summed E-state index contributed by atoms with van der Waals surface area (Å²) < 4.78 is 5.33. The molecule has 3 heterocycles. The normalized spacial score (nSPS) is 32.0. The van der Waals surface area contributed by atoms with Gasteiger partial charge in [0.1, 0.15) is 0 Å². The Kier molecular flexibility index (Phi) is 3.73. The number of carbonyl (C=O) groups is 1. The van der Waals surface area contributed by atoms with Gasteiger partial charge in [0.25, 0.3) is 0 Å². The van der Waals surface area contributed by atoms with Crippen LogP contribution in [0.5, 0.6) is 0 Å². The van der Waals surface area contributed by atoms with Crippen molar-refractivity contribution in [2.75, 3.05) is 7.05 Å². The molecule has 2 aliphatic heterocycles. The first-order valence-corrected chi connectivity index (χ1v) is 7.75. The van der Waals surface area contributed by atoms with Crippen molar-refractivity contribution in [1.29, 1.82) is 0 Å². The second-order valence-corrected chi connectivity index (χ2v) is 6.63. The lowest BCUT2D eigenvalue weighted by Crippen LogP contribution is -2.39. The number of piperidine rings is 1. The minimum absolute atomic E-state index is 0.258. The predicted octanol–water partition coefficient (Wildman–Crippen LogP) is 2.23. The Morgan fingerprint density at radius 2 is 1.95 bits per heavy atom. The first kappa shape index (κ1) is 14.5. The van der Waals surface area contributed by atoms with Gasteiger partial charge in [0.2, 0.25) is 5.89 Å². The van der Waals surface area contributed by atoms with Crippen LogP contribution >= 0.6 is 0 Å². The Labute approximate surface area is 124 Å². The van der Waals surface area contributed by atoms with Gasteiger partial charge >= 0.3 is 5.97 Å². The number of aliphatic carboxylic acids is 1. The third kappa shape index (κ3) is 2.57. The predicted molar refractivity (Wildman–Crippen MR) is 76.1 cm³/mol. The van der Waals surface area contributed by atoms with Gasteiger partial charge < -0.3 is 14.5 Å². The molecule has 2 fully saturated rings. The maximum atomic E-state index is 11.1. The van der Waals surface area contributed by atoms with E-state index in [0.29, 0.717) is 23.9 Å². The molecular formula is C15H23N3O3. The molecule has 3 rings (SSSR count). The molecule has 1 N–H and O–H groups in total. The molecule has 0 spiro atoms. The minimum atomic E-state index is -0.834. The summed E-state index contributed by atoms with van der Waals surface area (Å²) in [5.74, 6) is -0.0487. The highest BCUT2D eigenvalue weighted by molar-refractivity contribution is 5.70. The van der Waals surface area contributed by atoms with Gasteiger partial charge in [-0.2, -0.15) is 4.98 Å². The topological polar surface area (TPSA) is 79.5 Å². The molecule has 21 heavy (non-hydrogen) atoms. The summed E-state index contributed by atoms with van der Waals surface area (Å²) in [7, 11) is 2.21. The van der Waals surface area contributed by atoms with Crippen molar-refractivity contribution < 1.29 is 14.4 Å². The fourth-order valence-corrected chi connectivity index (χ4v) is 3.65. The number of fused-ring (bicyclic) bond motifs is 2. The molecule has 4 atom stereocenters. The minimum Gasteiger partial charge on any atom is -0.481 e. The maximum Gasteiger partial charge on any atom is 0.307 e. The zero-order chi connectivity index (χ0) is 15.1. The maximum absolute atomic E-state index is 11.1. The lowest BCUT2D eigenvalue weighted by molar-refractivity contribution is -0.141. The van der Waals surface area contributed by atoms with Gasteiger partial charge in [-0.25, -0.2) is 0 Å². The molecule has 6 heteroatoms. The van der Waals surface area contributed by atoms with E-state index in [2.05, 4.69) is 22.1 Å². The fraction of sp³-hybridized carbons (Fsp3) is 0.800. The molecule has 0 aromatic carbocycles. The van der Waals surface area contributed by atoms with Crippen LogP contribution in [0.15, 0.2) is 4.52 Å². The summed E-state index contributed by atoms with van der Waals surface area (Å²) in [6, 6.07) is 1.26. The SMILES string of the molecule is CC(C(=O)O)C(C)c1nc(C2CC3CCC(C2)N3C)no1. The Morgan fingerprint density at radius 3 is 2.52 bits per heavy atom. The molecule has 0 amide bonds. The largest absolute Gasteiger partial charge is 0.481 e. The zero-order valence-corrected chi connectivity index (χ0v) is 12.8. The second kappa shape index (κ2) is 5.40. The van der Waals surface area contributed by atoms with Crippen LogP contribution in [0.2, 0.25) is 0 Å². The van der Waals surface area contributed by atoms with Crippen LogP contribution in [-0.2, 0) is 4.79 Å². The average molecular weight is 293 g/mol. The lowest BCUT2D eigenvalue weighted by atomic mass is 9.90. The first-order valence-electron chi connectivity index (χ1n) is 7.75. The van der Waals surface area contributed by atoms with Crippen LogP contribution in [0.25, 0.3) is 0 Å². The summed E-state index contributed by atoms with van der Waals surface area (Å²) >= 11 is 0. The number of carboxylic acid groups (broad SMARTS) is 1. The van der Waals surface area contributed by atoms with Crippen LogP contribution in [0.3, 0.4) is 0 Å². The van der Waals surface area contributed by atoms with E-state index < -0.39 is 11.9 Å². The first-order chi connectivity index (χ1) is 9.97.